The van der Waals surface area contributed by atoms with Crippen molar-refractivity contribution >= 4 is 34.9 Å². The summed E-state index contributed by atoms with van der Waals surface area (Å²) in [6.45, 7) is 1.93. The van der Waals surface area contributed by atoms with Crippen LogP contribution in [0.25, 0.3) is 0 Å². The number of aliphatic imine (C=N–C) groups is 1. The standard InChI is InChI=1S/C21H21ClFN5O2/c22-16-10-13(3-4-17(16)23)11-18(27-30)14-5-6-25-21-15(14)12-19(26-21)24-7-9-28-8-1-2-20(28)29/h3-6,10,30H,1-2,7-9,11-12H2,(H,24,25,26)/b27-18+. The van der Waals surface area contributed by atoms with Gasteiger partial charge < -0.3 is 15.4 Å². The Hall–Kier alpha value is -3.00. The lowest BCUT2D eigenvalue weighted by Gasteiger charge is -2.13. The SMILES string of the molecule is O=C1CCCN1CCN=C1Cc2c(/C(Cc3ccc(F)c(Cl)c3)=N/O)ccnc2N1. The third-order valence-electron chi connectivity index (χ3n) is 5.29. The maximum absolute atomic E-state index is 13.4. The smallest absolute Gasteiger partial charge is 0.222 e. The molecule has 2 aliphatic heterocycles. The van der Waals surface area contributed by atoms with E-state index >= 15 is 0 Å². The van der Waals surface area contributed by atoms with Gasteiger partial charge in [0.25, 0.3) is 0 Å². The van der Waals surface area contributed by atoms with Crippen molar-refractivity contribution in [3.05, 3.63) is 58.0 Å². The molecule has 3 heterocycles. The Bertz CT molecular complexity index is 1040. The van der Waals surface area contributed by atoms with Crippen LogP contribution in [0.3, 0.4) is 0 Å². The summed E-state index contributed by atoms with van der Waals surface area (Å²) in [5.41, 5.74) is 2.79. The number of halogens is 2. The fourth-order valence-electron chi connectivity index (χ4n) is 3.77. The van der Waals surface area contributed by atoms with Gasteiger partial charge in [0.1, 0.15) is 17.5 Å². The number of amidine groups is 1. The number of carbonyl (C=O) groups excluding carboxylic acids is 1. The number of aromatic nitrogens is 1. The zero-order valence-corrected chi connectivity index (χ0v) is 17.0. The van der Waals surface area contributed by atoms with Crippen molar-refractivity contribution in [3.63, 3.8) is 0 Å². The minimum absolute atomic E-state index is 0.0253. The highest BCUT2D eigenvalue weighted by molar-refractivity contribution is 6.30. The van der Waals surface area contributed by atoms with Crippen molar-refractivity contribution in [2.45, 2.75) is 25.7 Å². The molecular formula is C21H21ClFN5O2. The molecule has 156 valence electrons. The second kappa shape index (κ2) is 8.79. The van der Waals surface area contributed by atoms with Crippen molar-refractivity contribution in [2.75, 3.05) is 25.0 Å². The first-order valence-electron chi connectivity index (χ1n) is 9.76. The van der Waals surface area contributed by atoms with Crippen LogP contribution in [-0.4, -0.2) is 52.2 Å². The summed E-state index contributed by atoms with van der Waals surface area (Å²) < 4.78 is 13.4. The molecule has 1 saturated heterocycles. The average molecular weight is 430 g/mol. The van der Waals surface area contributed by atoms with Crippen LogP contribution in [0, 0.1) is 5.82 Å². The van der Waals surface area contributed by atoms with Gasteiger partial charge in [0.2, 0.25) is 5.91 Å². The summed E-state index contributed by atoms with van der Waals surface area (Å²) in [4.78, 5) is 22.5. The summed E-state index contributed by atoms with van der Waals surface area (Å²) in [6.07, 6.45) is 3.98. The van der Waals surface area contributed by atoms with Crippen LogP contribution in [-0.2, 0) is 17.6 Å². The molecular weight excluding hydrogens is 409 g/mol. The predicted octanol–water partition coefficient (Wildman–Crippen LogP) is 3.28. The lowest BCUT2D eigenvalue weighted by atomic mass is 9.98. The molecule has 1 fully saturated rings. The largest absolute Gasteiger partial charge is 0.411 e. The minimum atomic E-state index is -0.492. The van der Waals surface area contributed by atoms with Gasteiger partial charge in [0.05, 0.1) is 17.3 Å². The first-order valence-corrected chi connectivity index (χ1v) is 10.1. The van der Waals surface area contributed by atoms with Crippen LogP contribution < -0.4 is 5.32 Å². The highest BCUT2D eigenvalue weighted by Gasteiger charge is 2.24. The Labute approximate surface area is 178 Å². The molecule has 0 radical (unpaired) electrons. The molecule has 0 bridgehead atoms. The number of nitrogens with one attached hydrogen (secondary N) is 1. The lowest BCUT2D eigenvalue weighted by Crippen LogP contribution is -2.27. The molecule has 30 heavy (non-hydrogen) atoms. The molecule has 2 N–H and O–H groups in total. The van der Waals surface area contributed by atoms with E-state index in [0.29, 0.717) is 37.5 Å². The van der Waals surface area contributed by atoms with Crippen molar-refractivity contribution in [1.82, 2.24) is 9.88 Å². The fraction of sp³-hybridized carbons (Fsp3) is 0.333. The van der Waals surface area contributed by atoms with Gasteiger partial charge in [-0.3, -0.25) is 9.79 Å². The molecule has 0 atom stereocenters. The molecule has 0 aliphatic carbocycles. The minimum Gasteiger partial charge on any atom is -0.411 e. The summed E-state index contributed by atoms with van der Waals surface area (Å²) in [5.74, 6) is 1.13. The van der Waals surface area contributed by atoms with Crippen LogP contribution in [0.4, 0.5) is 10.2 Å². The van der Waals surface area contributed by atoms with Crippen molar-refractivity contribution in [3.8, 4) is 0 Å². The number of oxime groups is 1. The van der Waals surface area contributed by atoms with Gasteiger partial charge in [-0.15, -0.1) is 0 Å². The Morgan fingerprint density at radius 2 is 2.23 bits per heavy atom. The quantitative estimate of drug-likeness (QED) is 0.419. The summed E-state index contributed by atoms with van der Waals surface area (Å²) in [5, 5.41) is 16.3. The van der Waals surface area contributed by atoms with Gasteiger partial charge in [0, 0.05) is 49.7 Å². The second-order valence-electron chi connectivity index (χ2n) is 7.27. The molecule has 2 aromatic rings. The Morgan fingerprint density at radius 3 is 2.97 bits per heavy atom. The number of anilines is 1. The van der Waals surface area contributed by atoms with E-state index in [9.17, 15) is 14.4 Å². The normalized spacial score (nSPS) is 17.5. The summed E-state index contributed by atoms with van der Waals surface area (Å²) in [6, 6.07) is 6.21. The number of amides is 1. The number of fused-ring (bicyclic) bond motifs is 1. The molecule has 4 rings (SSSR count). The summed E-state index contributed by atoms with van der Waals surface area (Å²) >= 11 is 5.87. The first kappa shape index (κ1) is 20.3. The number of likely N-dealkylation sites (tertiary alicyclic amines) is 1. The van der Waals surface area contributed by atoms with Crippen molar-refractivity contribution in [2.24, 2.45) is 10.1 Å². The zero-order chi connectivity index (χ0) is 21.1. The van der Waals surface area contributed by atoms with E-state index in [1.807, 2.05) is 4.90 Å². The van der Waals surface area contributed by atoms with E-state index in [0.717, 1.165) is 35.5 Å². The molecule has 1 aromatic heterocycles. The van der Waals surface area contributed by atoms with E-state index in [2.05, 4.69) is 20.4 Å². The molecule has 0 unspecified atom stereocenters. The predicted molar refractivity (Wildman–Crippen MR) is 113 cm³/mol. The Balaban J connectivity index is 1.48. The van der Waals surface area contributed by atoms with E-state index < -0.39 is 5.82 Å². The van der Waals surface area contributed by atoms with Gasteiger partial charge in [-0.05, 0) is 30.2 Å². The average Bonchev–Trinajstić information content (AvgIpc) is 3.34. The van der Waals surface area contributed by atoms with E-state index in [4.69, 9.17) is 11.6 Å². The molecule has 0 spiro atoms. The maximum Gasteiger partial charge on any atom is 0.222 e. The van der Waals surface area contributed by atoms with E-state index in [1.54, 1.807) is 18.3 Å². The number of carbonyl (C=O) groups is 1. The van der Waals surface area contributed by atoms with Crippen molar-refractivity contribution in [1.29, 1.82) is 0 Å². The highest BCUT2D eigenvalue weighted by atomic mass is 35.5. The molecule has 0 saturated carbocycles. The van der Waals surface area contributed by atoms with Crippen LogP contribution in [0.1, 0.15) is 29.5 Å². The van der Waals surface area contributed by atoms with Gasteiger partial charge in [-0.25, -0.2) is 9.37 Å². The monoisotopic (exact) mass is 429 g/mol. The van der Waals surface area contributed by atoms with Gasteiger partial charge >= 0.3 is 0 Å². The van der Waals surface area contributed by atoms with Gasteiger partial charge in [0.15, 0.2) is 0 Å². The van der Waals surface area contributed by atoms with Gasteiger partial charge in [-0.2, -0.15) is 0 Å². The molecule has 9 heteroatoms. The molecule has 1 aromatic carbocycles. The number of hydrogen-bond acceptors (Lipinski definition) is 5. The molecule has 1 amide bonds. The zero-order valence-electron chi connectivity index (χ0n) is 16.2. The molecule has 7 nitrogen and oxygen atoms in total. The van der Waals surface area contributed by atoms with E-state index in [-0.39, 0.29) is 17.4 Å². The number of pyridine rings is 1. The van der Waals surface area contributed by atoms with E-state index in [1.165, 1.54) is 12.1 Å². The first-order chi connectivity index (χ1) is 14.5. The lowest BCUT2D eigenvalue weighted by molar-refractivity contribution is -0.127. The van der Waals surface area contributed by atoms with Crippen LogP contribution in [0.2, 0.25) is 5.02 Å². The van der Waals surface area contributed by atoms with Crippen LogP contribution >= 0.6 is 11.6 Å². The molecule has 2 aliphatic rings. The van der Waals surface area contributed by atoms with Crippen molar-refractivity contribution < 1.29 is 14.4 Å². The third kappa shape index (κ3) is 4.28. The highest BCUT2D eigenvalue weighted by Crippen LogP contribution is 2.26. The van der Waals surface area contributed by atoms with Gasteiger partial charge in [-0.1, -0.05) is 22.8 Å². The fourth-order valence-corrected chi connectivity index (χ4v) is 3.97. The summed E-state index contributed by atoms with van der Waals surface area (Å²) in [7, 11) is 0. The Kier molecular flexibility index (Phi) is 5.94. The topological polar surface area (TPSA) is 90.2 Å². The van der Waals surface area contributed by atoms with Crippen LogP contribution in [0.5, 0.6) is 0 Å². The number of rotatable bonds is 6. The Morgan fingerprint density at radius 1 is 1.37 bits per heavy atom. The second-order valence-corrected chi connectivity index (χ2v) is 7.68. The number of benzene rings is 1. The third-order valence-corrected chi connectivity index (χ3v) is 5.58. The number of nitrogens with zero attached hydrogens (tertiary/aromatic N) is 4. The van der Waals surface area contributed by atoms with Crippen LogP contribution in [0.15, 0.2) is 40.6 Å². The number of hydrogen-bond donors (Lipinski definition) is 2. The maximum atomic E-state index is 13.4.